The number of nitrogens with zero attached hydrogens (tertiary/aromatic N) is 2. The molecule has 112 valence electrons. The Balaban J connectivity index is 1.44. The molecule has 4 heteroatoms. The number of aromatic amines is 1. The van der Waals surface area contributed by atoms with Gasteiger partial charge in [-0.3, -0.25) is 4.79 Å². The molecule has 0 atom stereocenters. The molecule has 3 aromatic rings. The number of carbonyl (C=O) groups excluding carboxylic acids is 1. The number of ketones is 1. The number of Topliss-reactive ketones (excluding diaryl/α,β-unsaturated/α-hetero) is 1. The van der Waals surface area contributed by atoms with Gasteiger partial charge in [0.15, 0.2) is 17.3 Å². The van der Waals surface area contributed by atoms with Crippen molar-refractivity contribution >= 4 is 16.9 Å². The van der Waals surface area contributed by atoms with E-state index in [0.717, 1.165) is 31.2 Å². The van der Waals surface area contributed by atoms with Crippen LogP contribution < -0.4 is 0 Å². The molecule has 1 aromatic carbocycles. The lowest BCUT2D eigenvalue weighted by Crippen LogP contribution is -2.01. The minimum Gasteiger partial charge on any atom is -0.334 e. The summed E-state index contributed by atoms with van der Waals surface area (Å²) in [6.45, 7) is 0. The summed E-state index contributed by atoms with van der Waals surface area (Å²) in [5, 5.41) is 0. The Morgan fingerprint density at radius 3 is 2.68 bits per heavy atom. The zero-order valence-electron chi connectivity index (χ0n) is 12.5. The first-order chi connectivity index (χ1) is 10.8. The van der Waals surface area contributed by atoms with Gasteiger partial charge in [-0.1, -0.05) is 36.8 Å². The molecule has 22 heavy (non-hydrogen) atoms. The summed E-state index contributed by atoms with van der Waals surface area (Å²) in [7, 11) is 0. The number of H-pyrrole nitrogens is 1. The van der Waals surface area contributed by atoms with Crippen LogP contribution in [0.5, 0.6) is 0 Å². The van der Waals surface area contributed by atoms with E-state index in [1.807, 2.05) is 18.2 Å². The normalized spacial score (nSPS) is 10.9. The Morgan fingerprint density at radius 1 is 1.00 bits per heavy atom. The van der Waals surface area contributed by atoms with Gasteiger partial charge in [-0.2, -0.15) is 0 Å². The van der Waals surface area contributed by atoms with Gasteiger partial charge in [0, 0.05) is 12.6 Å². The summed E-state index contributed by atoms with van der Waals surface area (Å²) in [6.07, 6.45) is 6.35. The van der Waals surface area contributed by atoms with E-state index in [2.05, 4.69) is 39.2 Å². The molecule has 0 aliphatic rings. The lowest BCUT2D eigenvalue weighted by molar-refractivity contribution is 0.0970. The molecule has 4 nitrogen and oxygen atoms in total. The van der Waals surface area contributed by atoms with Crippen LogP contribution in [0, 0.1) is 0 Å². The number of fused-ring (bicyclic) bond motifs is 1. The van der Waals surface area contributed by atoms with Crippen LogP contribution in [-0.2, 0) is 6.42 Å². The summed E-state index contributed by atoms with van der Waals surface area (Å²) in [6, 6.07) is 14.2. The molecule has 0 unspecified atom stereocenters. The van der Waals surface area contributed by atoms with Gasteiger partial charge in [0.2, 0.25) is 0 Å². The zero-order chi connectivity index (χ0) is 15.2. The van der Waals surface area contributed by atoms with Crippen molar-refractivity contribution in [3.63, 3.8) is 0 Å². The number of rotatable bonds is 7. The molecule has 0 amide bonds. The van der Waals surface area contributed by atoms with Crippen LogP contribution in [0.3, 0.4) is 0 Å². The third-order valence-electron chi connectivity index (χ3n) is 3.73. The topological polar surface area (TPSA) is 58.6 Å². The Bertz CT molecular complexity index is 716. The average molecular weight is 293 g/mol. The predicted molar refractivity (Wildman–Crippen MR) is 86.8 cm³/mol. The van der Waals surface area contributed by atoms with E-state index < -0.39 is 0 Å². The molecule has 0 bridgehead atoms. The number of aromatic nitrogens is 3. The van der Waals surface area contributed by atoms with Gasteiger partial charge in [-0.05, 0) is 37.0 Å². The molecule has 0 spiro atoms. The molecule has 1 N–H and O–H groups in total. The molecule has 0 fully saturated rings. The third-order valence-corrected chi connectivity index (χ3v) is 3.73. The SMILES string of the molecule is O=C(CCCCCc1ccccc1)c1nc2ncccc2[nH]1. The Hall–Kier alpha value is -2.49. The molecule has 2 heterocycles. The van der Waals surface area contributed by atoms with Crippen LogP contribution in [0.25, 0.3) is 11.2 Å². The predicted octanol–water partition coefficient (Wildman–Crippen LogP) is 3.94. The largest absolute Gasteiger partial charge is 0.334 e. The van der Waals surface area contributed by atoms with Crippen LogP contribution in [-0.4, -0.2) is 20.7 Å². The second kappa shape index (κ2) is 6.98. The van der Waals surface area contributed by atoms with Crippen molar-refractivity contribution in [3.8, 4) is 0 Å². The van der Waals surface area contributed by atoms with Crippen LogP contribution in [0.15, 0.2) is 48.7 Å². The zero-order valence-corrected chi connectivity index (χ0v) is 12.5. The van der Waals surface area contributed by atoms with E-state index in [9.17, 15) is 4.79 Å². The summed E-state index contributed by atoms with van der Waals surface area (Å²) in [5.41, 5.74) is 2.78. The number of nitrogens with one attached hydrogen (secondary N) is 1. The second-order valence-electron chi connectivity index (χ2n) is 5.43. The quantitative estimate of drug-likeness (QED) is 0.530. The maximum absolute atomic E-state index is 12.1. The van der Waals surface area contributed by atoms with Crippen LogP contribution in [0.4, 0.5) is 0 Å². The molecule has 0 aliphatic carbocycles. The molecule has 0 saturated carbocycles. The lowest BCUT2D eigenvalue weighted by Gasteiger charge is -2.01. The first kappa shape index (κ1) is 14.4. The number of imidazole rings is 1. The summed E-state index contributed by atoms with van der Waals surface area (Å²) in [4.78, 5) is 23.5. The van der Waals surface area contributed by atoms with Gasteiger partial charge in [0.1, 0.15) is 0 Å². The van der Waals surface area contributed by atoms with E-state index >= 15 is 0 Å². The highest BCUT2D eigenvalue weighted by Crippen LogP contribution is 2.12. The number of carbonyl (C=O) groups is 1. The van der Waals surface area contributed by atoms with E-state index in [1.165, 1.54) is 5.56 Å². The number of pyridine rings is 1. The Kier molecular flexibility index (Phi) is 4.59. The summed E-state index contributed by atoms with van der Waals surface area (Å²) in [5.74, 6) is 0.495. The molecular weight excluding hydrogens is 274 g/mol. The highest BCUT2D eigenvalue weighted by atomic mass is 16.1. The Morgan fingerprint density at radius 2 is 1.86 bits per heavy atom. The highest BCUT2D eigenvalue weighted by molar-refractivity contribution is 5.95. The van der Waals surface area contributed by atoms with E-state index in [0.29, 0.717) is 17.9 Å². The summed E-state index contributed by atoms with van der Waals surface area (Å²) >= 11 is 0. The maximum atomic E-state index is 12.1. The van der Waals surface area contributed by atoms with Crippen LogP contribution in [0.2, 0.25) is 0 Å². The van der Waals surface area contributed by atoms with Gasteiger partial charge >= 0.3 is 0 Å². The molecule has 2 aromatic heterocycles. The fraction of sp³-hybridized carbons (Fsp3) is 0.278. The van der Waals surface area contributed by atoms with Gasteiger partial charge in [0.05, 0.1) is 5.52 Å². The van der Waals surface area contributed by atoms with Crippen molar-refractivity contribution in [1.82, 2.24) is 15.0 Å². The minimum atomic E-state index is 0.0673. The van der Waals surface area contributed by atoms with Gasteiger partial charge in [-0.25, -0.2) is 9.97 Å². The Labute approximate surface area is 129 Å². The van der Waals surface area contributed by atoms with Gasteiger partial charge in [0.25, 0.3) is 0 Å². The van der Waals surface area contributed by atoms with Crippen LogP contribution >= 0.6 is 0 Å². The monoisotopic (exact) mass is 293 g/mol. The molecule has 0 saturated heterocycles. The van der Waals surface area contributed by atoms with Crippen LogP contribution in [0.1, 0.15) is 41.9 Å². The first-order valence-corrected chi connectivity index (χ1v) is 7.71. The van der Waals surface area contributed by atoms with Crippen molar-refractivity contribution in [1.29, 1.82) is 0 Å². The lowest BCUT2D eigenvalue weighted by atomic mass is 10.1. The summed E-state index contributed by atoms with van der Waals surface area (Å²) < 4.78 is 0. The van der Waals surface area contributed by atoms with Gasteiger partial charge in [-0.15, -0.1) is 0 Å². The fourth-order valence-electron chi connectivity index (χ4n) is 2.53. The standard InChI is InChI=1S/C18H19N3O/c22-16(18-20-15-11-7-13-19-17(15)21-18)12-6-2-5-10-14-8-3-1-4-9-14/h1,3-4,7-9,11,13H,2,5-6,10,12H2,(H,19,20,21). The smallest absolute Gasteiger partial charge is 0.198 e. The second-order valence-corrected chi connectivity index (χ2v) is 5.43. The van der Waals surface area contributed by atoms with E-state index in [-0.39, 0.29) is 5.78 Å². The molecule has 3 rings (SSSR count). The van der Waals surface area contributed by atoms with Crippen molar-refractivity contribution < 1.29 is 4.79 Å². The fourth-order valence-corrected chi connectivity index (χ4v) is 2.53. The van der Waals surface area contributed by atoms with Crippen molar-refractivity contribution in [2.75, 3.05) is 0 Å². The third kappa shape index (κ3) is 3.58. The van der Waals surface area contributed by atoms with Gasteiger partial charge < -0.3 is 4.98 Å². The van der Waals surface area contributed by atoms with Crippen molar-refractivity contribution in [2.45, 2.75) is 32.1 Å². The first-order valence-electron chi connectivity index (χ1n) is 7.71. The molecule has 0 aliphatic heterocycles. The van der Waals surface area contributed by atoms with Crippen molar-refractivity contribution in [3.05, 3.63) is 60.0 Å². The van der Waals surface area contributed by atoms with E-state index in [4.69, 9.17) is 0 Å². The number of benzene rings is 1. The number of hydrogen-bond donors (Lipinski definition) is 1. The maximum Gasteiger partial charge on any atom is 0.198 e. The number of hydrogen-bond acceptors (Lipinski definition) is 3. The average Bonchev–Trinajstić information content (AvgIpc) is 2.99. The highest BCUT2D eigenvalue weighted by Gasteiger charge is 2.11. The van der Waals surface area contributed by atoms with E-state index in [1.54, 1.807) is 6.20 Å². The number of aryl methyl sites for hydroxylation is 1. The molecule has 0 radical (unpaired) electrons. The van der Waals surface area contributed by atoms with Crippen molar-refractivity contribution in [2.24, 2.45) is 0 Å². The number of unbranched alkanes of at least 4 members (excludes halogenated alkanes) is 2. The molecular formula is C18H19N3O. The minimum absolute atomic E-state index is 0.0673.